The minimum absolute atomic E-state index is 0.936. The molecule has 0 aliphatic rings. The van der Waals surface area contributed by atoms with Crippen LogP contribution in [0.3, 0.4) is 0 Å². The van der Waals surface area contributed by atoms with Crippen LogP contribution in [0, 0.1) is 0 Å². The molecule has 0 N–H and O–H groups in total. The second-order valence-corrected chi connectivity index (χ2v) is 10.3. The number of benzene rings is 6. The summed E-state index contributed by atoms with van der Waals surface area (Å²) in [6.45, 7) is 0. The first kappa shape index (κ1) is 23.4. The van der Waals surface area contributed by atoms with E-state index >= 15 is 0 Å². The summed E-state index contributed by atoms with van der Waals surface area (Å²) in [5, 5.41) is 4.91. The molecule has 0 radical (unpaired) electrons. The smallest absolute Gasteiger partial charge is 0.145 e. The molecule has 0 spiro atoms. The van der Waals surface area contributed by atoms with Crippen LogP contribution in [0.15, 0.2) is 152 Å². The topological polar surface area (TPSA) is 30.7 Å². The van der Waals surface area contributed by atoms with Crippen LogP contribution < -0.4 is 0 Å². The maximum atomic E-state index is 5.06. The van der Waals surface area contributed by atoms with E-state index in [1.54, 1.807) is 0 Å². The summed E-state index contributed by atoms with van der Waals surface area (Å²) in [7, 11) is 0. The van der Waals surface area contributed by atoms with Crippen molar-refractivity contribution in [1.29, 1.82) is 0 Å². The Morgan fingerprint density at radius 2 is 1.00 bits per heavy atom. The molecule has 8 aromatic rings. The number of hydrogen-bond donors (Lipinski definition) is 0. The molecular formula is C38H25N3. The van der Waals surface area contributed by atoms with Crippen molar-refractivity contribution < 1.29 is 0 Å². The largest absolute Gasteiger partial charge is 0.292 e. The van der Waals surface area contributed by atoms with Crippen LogP contribution >= 0.6 is 0 Å². The highest BCUT2D eigenvalue weighted by Gasteiger charge is 2.18. The monoisotopic (exact) mass is 523 g/mol. The molecule has 41 heavy (non-hydrogen) atoms. The van der Waals surface area contributed by atoms with Gasteiger partial charge in [-0.2, -0.15) is 0 Å². The highest BCUT2D eigenvalue weighted by molar-refractivity contribution is 6.21. The molecule has 6 aromatic carbocycles. The SMILES string of the molecule is c1ccc(-n2c(-c3ccc(-c4c5ccccc5c(-c5cccnc5)c5ccccc45)cc3)nc3ccccc32)cc1. The molecule has 2 aromatic heterocycles. The van der Waals surface area contributed by atoms with E-state index in [-0.39, 0.29) is 0 Å². The summed E-state index contributed by atoms with van der Waals surface area (Å²) in [6, 6.07) is 49.3. The van der Waals surface area contributed by atoms with E-state index in [1.807, 2.05) is 30.6 Å². The van der Waals surface area contributed by atoms with E-state index in [2.05, 4.69) is 131 Å². The van der Waals surface area contributed by atoms with E-state index in [9.17, 15) is 0 Å². The summed E-state index contributed by atoms with van der Waals surface area (Å²) in [4.78, 5) is 9.49. The number of fused-ring (bicyclic) bond motifs is 3. The second kappa shape index (κ2) is 9.58. The van der Waals surface area contributed by atoms with Crippen molar-refractivity contribution in [3.8, 4) is 39.3 Å². The van der Waals surface area contributed by atoms with Gasteiger partial charge in [-0.25, -0.2) is 4.98 Å². The number of hydrogen-bond acceptors (Lipinski definition) is 2. The lowest BCUT2D eigenvalue weighted by atomic mass is 9.86. The Labute approximate surface area is 238 Å². The predicted octanol–water partition coefficient (Wildman–Crippen LogP) is 9.73. The van der Waals surface area contributed by atoms with Gasteiger partial charge in [0.15, 0.2) is 0 Å². The van der Waals surface area contributed by atoms with Gasteiger partial charge in [0.25, 0.3) is 0 Å². The Balaban J connectivity index is 1.34. The number of pyridine rings is 1. The summed E-state index contributed by atoms with van der Waals surface area (Å²) in [5.41, 5.74) is 9.04. The molecular weight excluding hydrogens is 498 g/mol. The summed E-state index contributed by atoms with van der Waals surface area (Å²) in [6.07, 6.45) is 3.79. The van der Waals surface area contributed by atoms with E-state index in [0.717, 1.165) is 33.7 Å². The fourth-order valence-electron chi connectivity index (χ4n) is 6.11. The Kier molecular flexibility index (Phi) is 5.46. The fourth-order valence-corrected chi connectivity index (χ4v) is 6.11. The lowest BCUT2D eigenvalue weighted by Gasteiger charge is -2.17. The molecule has 0 saturated carbocycles. The molecule has 0 atom stereocenters. The second-order valence-electron chi connectivity index (χ2n) is 10.3. The molecule has 192 valence electrons. The lowest BCUT2D eigenvalue weighted by Crippen LogP contribution is -1.97. The van der Waals surface area contributed by atoms with Crippen molar-refractivity contribution in [2.24, 2.45) is 0 Å². The molecule has 0 saturated heterocycles. The average Bonchev–Trinajstić information content (AvgIpc) is 3.44. The Hall–Kier alpha value is -5.54. The van der Waals surface area contributed by atoms with E-state index in [1.165, 1.54) is 38.2 Å². The number of imidazole rings is 1. The van der Waals surface area contributed by atoms with Gasteiger partial charge in [-0.05, 0) is 68.6 Å². The molecule has 3 nitrogen and oxygen atoms in total. The molecule has 0 fully saturated rings. The van der Waals surface area contributed by atoms with Crippen LogP contribution in [0.5, 0.6) is 0 Å². The average molecular weight is 524 g/mol. The molecule has 8 rings (SSSR count). The first-order chi connectivity index (χ1) is 20.4. The van der Waals surface area contributed by atoms with Crippen LogP contribution in [0.2, 0.25) is 0 Å². The lowest BCUT2D eigenvalue weighted by molar-refractivity contribution is 1.10. The van der Waals surface area contributed by atoms with Crippen molar-refractivity contribution in [2.75, 3.05) is 0 Å². The number of aromatic nitrogens is 3. The van der Waals surface area contributed by atoms with Gasteiger partial charge in [0.05, 0.1) is 11.0 Å². The third-order valence-corrected chi connectivity index (χ3v) is 7.89. The van der Waals surface area contributed by atoms with Gasteiger partial charge in [-0.3, -0.25) is 9.55 Å². The number of nitrogens with zero attached hydrogens (tertiary/aromatic N) is 3. The van der Waals surface area contributed by atoms with Gasteiger partial charge in [-0.15, -0.1) is 0 Å². The molecule has 0 aliphatic heterocycles. The third kappa shape index (κ3) is 3.82. The Bertz CT molecular complexity index is 2120. The summed E-state index contributed by atoms with van der Waals surface area (Å²) >= 11 is 0. The van der Waals surface area contributed by atoms with Gasteiger partial charge >= 0.3 is 0 Å². The van der Waals surface area contributed by atoms with Crippen LogP contribution in [-0.4, -0.2) is 14.5 Å². The summed E-state index contributed by atoms with van der Waals surface area (Å²) in [5.74, 6) is 0.936. The minimum atomic E-state index is 0.936. The van der Waals surface area contributed by atoms with Gasteiger partial charge in [0.1, 0.15) is 5.82 Å². The Morgan fingerprint density at radius 3 is 1.63 bits per heavy atom. The zero-order valence-electron chi connectivity index (χ0n) is 22.3. The highest BCUT2D eigenvalue weighted by atomic mass is 15.1. The van der Waals surface area contributed by atoms with Gasteiger partial charge in [-0.1, -0.05) is 109 Å². The van der Waals surface area contributed by atoms with Crippen molar-refractivity contribution in [3.63, 3.8) is 0 Å². The van der Waals surface area contributed by atoms with E-state index < -0.39 is 0 Å². The molecule has 3 heteroatoms. The van der Waals surface area contributed by atoms with Gasteiger partial charge in [0, 0.05) is 29.2 Å². The van der Waals surface area contributed by atoms with E-state index in [4.69, 9.17) is 4.98 Å². The quantitative estimate of drug-likeness (QED) is 0.215. The fraction of sp³-hybridized carbons (Fsp3) is 0. The van der Waals surface area contributed by atoms with Crippen molar-refractivity contribution >= 4 is 32.6 Å². The zero-order valence-corrected chi connectivity index (χ0v) is 22.3. The maximum Gasteiger partial charge on any atom is 0.145 e. The minimum Gasteiger partial charge on any atom is -0.292 e. The zero-order chi connectivity index (χ0) is 27.2. The predicted molar refractivity (Wildman–Crippen MR) is 170 cm³/mol. The van der Waals surface area contributed by atoms with E-state index in [0.29, 0.717) is 0 Å². The maximum absolute atomic E-state index is 5.06. The van der Waals surface area contributed by atoms with Crippen molar-refractivity contribution in [2.45, 2.75) is 0 Å². The first-order valence-corrected chi connectivity index (χ1v) is 13.8. The normalized spacial score (nSPS) is 11.4. The van der Waals surface area contributed by atoms with Crippen LogP contribution in [-0.2, 0) is 0 Å². The molecule has 0 amide bonds. The van der Waals surface area contributed by atoms with Gasteiger partial charge < -0.3 is 0 Å². The molecule has 0 bridgehead atoms. The Morgan fingerprint density at radius 1 is 0.439 bits per heavy atom. The standard InChI is InChI=1S/C38H25N3/c1-2-12-29(13-3-1)41-35-19-9-8-18-34(35)40-38(41)27-22-20-26(21-23-27)36-30-14-4-6-16-32(30)37(28-11-10-24-39-25-28)33-17-7-5-15-31(33)36/h1-25H. The molecule has 0 unspecified atom stereocenters. The number of para-hydroxylation sites is 3. The molecule has 2 heterocycles. The van der Waals surface area contributed by atoms with Crippen LogP contribution in [0.4, 0.5) is 0 Å². The highest BCUT2D eigenvalue weighted by Crippen LogP contribution is 2.43. The van der Waals surface area contributed by atoms with Crippen molar-refractivity contribution in [1.82, 2.24) is 14.5 Å². The number of rotatable bonds is 4. The molecule has 0 aliphatic carbocycles. The summed E-state index contributed by atoms with van der Waals surface area (Å²) < 4.78 is 2.25. The first-order valence-electron chi connectivity index (χ1n) is 13.8. The third-order valence-electron chi connectivity index (χ3n) is 7.89. The van der Waals surface area contributed by atoms with Crippen LogP contribution in [0.25, 0.3) is 71.9 Å². The van der Waals surface area contributed by atoms with Crippen molar-refractivity contribution in [3.05, 3.63) is 152 Å². The van der Waals surface area contributed by atoms with Crippen LogP contribution in [0.1, 0.15) is 0 Å². The van der Waals surface area contributed by atoms with Gasteiger partial charge in [0.2, 0.25) is 0 Å².